The molecule has 1 aromatic heterocycles. The van der Waals surface area contributed by atoms with Gasteiger partial charge in [0.05, 0.1) is 0 Å². The van der Waals surface area contributed by atoms with Crippen LogP contribution in [0.2, 0.25) is 0 Å². The molecule has 1 amide bonds. The molecule has 6 nitrogen and oxygen atoms in total. The first-order valence-corrected chi connectivity index (χ1v) is 6.57. The fourth-order valence-corrected chi connectivity index (χ4v) is 1.61. The van der Waals surface area contributed by atoms with Gasteiger partial charge in [-0.05, 0) is 21.8 Å². The Morgan fingerprint density at radius 2 is 2.22 bits per heavy atom. The van der Waals surface area contributed by atoms with Crippen LogP contribution in [0.4, 0.5) is 11.8 Å². The standard InChI is InChI=1S/C11H18BrN5O/c1-7(2)6-15-10(18)3-4-14-11-16-8(12)5-9(13)17-11/h5,7H,3-4,6H2,1-2H3,(H,15,18)(H3,13,14,16,17). The van der Waals surface area contributed by atoms with E-state index in [0.29, 0.717) is 41.8 Å². The van der Waals surface area contributed by atoms with Crippen LogP contribution in [0.1, 0.15) is 20.3 Å². The Balaban J connectivity index is 2.30. The van der Waals surface area contributed by atoms with Crippen molar-refractivity contribution in [1.29, 1.82) is 0 Å². The number of hydrogen-bond acceptors (Lipinski definition) is 5. The first kappa shape index (κ1) is 14.7. The van der Waals surface area contributed by atoms with Gasteiger partial charge in [-0.25, -0.2) is 4.98 Å². The number of nitrogens with two attached hydrogens (primary N) is 1. The molecule has 0 fully saturated rings. The van der Waals surface area contributed by atoms with Gasteiger partial charge in [0, 0.05) is 25.6 Å². The third-order valence-electron chi connectivity index (χ3n) is 2.06. The number of halogens is 1. The zero-order valence-corrected chi connectivity index (χ0v) is 12.1. The predicted molar refractivity (Wildman–Crippen MR) is 75.1 cm³/mol. The molecular weight excluding hydrogens is 298 g/mol. The fraction of sp³-hybridized carbons (Fsp3) is 0.545. The quantitative estimate of drug-likeness (QED) is 0.690. The molecule has 0 aromatic carbocycles. The normalized spacial score (nSPS) is 10.4. The molecule has 0 saturated heterocycles. The molecule has 0 unspecified atom stereocenters. The van der Waals surface area contributed by atoms with Gasteiger partial charge in [-0.3, -0.25) is 4.79 Å². The highest BCUT2D eigenvalue weighted by atomic mass is 79.9. The summed E-state index contributed by atoms with van der Waals surface area (Å²) in [5, 5.41) is 5.79. The summed E-state index contributed by atoms with van der Waals surface area (Å²) in [6.07, 6.45) is 0.377. The average Bonchev–Trinajstić information content (AvgIpc) is 2.25. The molecule has 0 atom stereocenters. The Morgan fingerprint density at radius 3 is 2.83 bits per heavy atom. The summed E-state index contributed by atoms with van der Waals surface area (Å²) >= 11 is 3.22. The Morgan fingerprint density at radius 1 is 1.50 bits per heavy atom. The van der Waals surface area contributed by atoms with E-state index >= 15 is 0 Å². The van der Waals surface area contributed by atoms with E-state index in [4.69, 9.17) is 5.73 Å². The van der Waals surface area contributed by atoms with Gasteiger partial charge in [-0.2, -0.15) is 4.98 Å². The molecule has 4 N–H and O–H groups in total. The van der Waals surface area contributed by atoms with E-state index in [2.05, 4.69) is 50.4 Å². The number of rotatable bonds is 6. The fourth-order valence-electron chi connectivity index (χ4n) is 1.21. The van der Waals surface area contributed by atoms with E-state index < -0.39 is 0 Å². The first-order chi connectivity index (χ1) is 8.47. The molecule has 0 bridgehead atoms. The van der Waals surface area contributed by atoms with E-state index in [1.807, 2.05) is 0 Å². The van der Waals surface area contributed by atoms with Crippen LogP contribution in [0.15, 0.2) is 10.7 Å². The lowest BCUT2D eigenvalue weighted by Crippen LogP contribution is -2.28. The minimum absolute atomic E-state index is 0.0131. The maximum Gasteiger partial charge on any atom is 0.225 e. The number of nitrogen functional groups attached to an aromatic ring is 1. The monoisotopic (exact) mass is 315 g/mol. The van der Waals surface area contributed by atoms with E-state index in [1.165, 1.54) is 0 Å². The smallest absolute Gasteiger partial charge is 0.225 e. The largest absolute Gasteiger partial charge is 0.383 e. The van der Waals surface area contributed by atoms with Crippen LogP contribution in [0, 0.1) is 5.92 Å². The third-order valence-corrected chi connectivity index (χ3v) is 2.46. The summed E-state index contributed by atoms with van der Waals surface area (Å²) in [6.45, 7) is 5.27. The van der Waals surface area contributed by atoms with Crippen LogP contribution in [-0.4, -0.2) is 29.0 Å². The molecule has 0 saturated carbocycles. The number of carbonyl (C=O) groups excluding carboxylic acids is 1. The number of nitrogens with one attached hydrogen (secondary N) is 2. The van der Waals surface area contributed by atoms with Gasteiger partial charge in [-0.15, -0.1) is 0 Å². The van der Waals surface area contributed by atoms with Gasteiger partial charge in [-0.1, -0.05) is 13.8 Å². The number of amides is 1. The number of aromatic nitrogens is 2. The van der Waals surface area contributed by atoms with E-state index in [-0.39, 0.29) is 5.91 Å². The van der Waals surface area contributed by atoms with Crippen LogP contribution < -0.4 is 16.4 Å². The molecule has 0 aliphatic heterocycles. The van der Waals surface area contributed by atoms with E-state index in [1.54, 1.807) is 6.07 Å². The second-order valence-electron chi connectivity index (χ2n) is 4.31. The first-order valence-electron chi connectivity index (χ1n) is 5.78. The minimum Gasteiger partial charge on any atom is -0.383 e. The van der Waals surface area contributed by atoms with Crippen molar-refractivity contribution in [2.75, 3.05) is 24.1 Å². The Hall–Kier alpha value is -1.37. The molecular formula is C11H18BrN5O. The maximum atomic E-state index is 11.4. The topological polar surface area (TPSA) is 92.9 Å². The van der Waals surface area contributed by atoms with Crippen LogP contribution in [0.3, 0.4) is 0 Å². The van der Waals surface area contributed by atoms with Gasteiger partial charge in [0.15, 0.2) is 0 Å². The lowest BCUT2D eigenvalue weighted by atomic mass is 10.2. The van der Waals surface area contributed by atoms with Gasteiger partial charge in [0.25, 0.3) is 0 Å². The van der Waals surface area contributed by atoms with Crippen molar-refractivity contribution in [3.05, 3.63) is 10.7 Å². The molecule has 0 radical (unpaired) electrons. The zero-order chi connectivity index (χ0) is 13.5. The minimum atomic E-state index is 0.0131. The lowest BCUT2D eigenvalue weighted by Gasteiger charge is -2.08. The Kier molecular flexibility index (Phi) is 5.84. The van der Waals surface area contributed by atoms with Crippen molar-refractivity contribution in [3.63, 3.8) is 0 Å². The van der Waals surface area contributed by atoms with Crippen LogP contribution in [-0.2, 0) is 4.79 Å². The van der Waals surface area contributed by atoms with Crippen molar-refractivity contribution in [3.8, 4) is 0 Å². The van der Waals surface area contributed by atoms with Crippen LogP contribution in [0.25, 0.3) is 0 Å². The molecule has 1 aromatic rings. The van der Waals surface area contributed by atoms with Gasteiger partial charge in [0.2, 0.25) is 11.9 Å². The molecule has 100 valence electrons. The molecule has 18 heavy (non-hydrogen) atoms. The predicted octanol–water partition coefficient (Wildman–Crippen LogP) is 1.40. The van der Waals surface area contributed by atoms with Gasteiger partial charge in [0.1, 0.15) is 10.4 Å². The highest BCUT2D eigenvalue weighted by Gasteiger charge is 2.04. The van der Waals surface area contributed by atoms with Crippen molar-refractivity contribution >= 4 is 33.6 Å². The molecule has 0 spiro atoms. The molecule has 0 aliphatic carbocycles. The molecule has 0 aliphatic rings. The number of nitrogens with zero attached hydrogens (tertiary/aromatic N) is 2. The summed E-state index contributed by atoms with van der Waals surface area (Å²) in [4.78, 5) is 19.5. The van der Waals surface area contributed by atoms with Crippen molar-refractivity contribution in [2.24, 2.45) is 5.92 Å². The summed E-state index contributed by atoms with van der Waals surface area (Å²) < 4.78 is 0.613. The summed E-state index contributed by atoms with van der Waals surface area (Å²) in [7, 11) is 0. The second kappa shape index (κ2) is 7.15. The van der Waals surface area contributed by atoms with Crippen molar-refractivity contribution in [1.82, 2.24) is 15.3 Å². The van der Waals surface area contributed by atoms with E-state index in [9.17, 15) is 4.79 Å². The zero-order valence-electron chi connectivity index (χ0n) is 10.5. The summed E-state index contributed by atoms with van der Waals surface area (Å²) in [6, 6.07) is 1.61. The molecule has 7 heteroatoms. The van der Waals surface area contributed by atoms with E-state index in [0.717, 1.165) is 0 Å². The SMILES string of the molecule is CC(C)CNC(=O)CCNc1nc(N)cc(Br)n1. The van der Waals surface area contributed by atoms with Gasteiger partial charge < -0.3 is 16.4 Å². The van der Waals surface area contributed by atoms with Crippen LogP contribution in [0.5, 0.6) is 0 Å². The van der Waals surface area contributed by atoms with Crippen molar-refractivity contribution in [2.45, 2.75) is 20.3 Å². The highest BCUT2D eigenvalue weighted by Crippen LogP contribution is 2.11. The summed E-state index contributed by atoms with van der Waals surface area (Å²) in [5.41, 5.74) is 5.57. The molecule has 1 heterocycles. The van der Waals surface area contributed by atoms with Crippen molar-refractivity contribution < 1.29 is 4.79 Å². The van der Waals surface area contributed by atoms with Crippen LogP contribution >= 0.6 is 15.9 Å². The number of hydrogen-bond donors (Lipinski definition) is 3. The maximum absolute atomic E-state index is 11.4. The number of anilines is 2. The number of carbonyl (C=O) groups is 1. The Labute approximate surface area is 115 Å². The average molecular weight is 316 g/mol. The third kappa shape index (κ3) is 5.81. The van der Waals surface area contributed by atoms with Gasteiger partial charge >= 0.3 is 0 Å². The second-order valence-corrected chi connectivity index (χ2v) is 5.13. The highest BCUT2D eigenvalue weighted by molar-refractivity contribution is 9.10. The lowest BCUT2D eigenvalue weighted by molar-refractivity contribution is -0.120. The Bertz CT molecular complexity index is 390. The molecule has 1 rings (SSSR count). The summed E-state index contributed by atoms with van der Waals surface area (Å²) in [5.74, 6) is 1.26.